The third-order valence-electron chi connectivity index (χ3n) is 4.39. The lowest BCUT2D eigenvalue weighted by molar-refractivity contribution is 0.0672. The summed E-state index contributed by atoms with van der Waals surface area (Å²) in [6.07, 6.45) is 0. The molecule has 2 aromatic rings. The molecule has 0 saturated heterocycles. The Morgan fingerprint density at radius 2 is 1.34 bits per heavy atom. The number of carbonyl (C=O) groups is 3. The number of aromatic carboxylic acids is 2. The summed E-state index contributed by atoms with van der Waals surface area (Å²) >= 11 is 0. The van der Waals surface area contributed by atoms with Gasteiger partial charge in [-0.15, -0.1) is 0 Å². The van der Waals surface area contributed by atoms with E-state index in [0.717, 1.165) is 0 Å². The highest BCUT2D eigenvalue weighted by Gasteiger charge is 2.30. The SMILES string of the molecule is COc1cc(C)c(C(=O)Oc2c(C)c(C(=O)O)c(O)c(C)c2O)c(O)c1C(=O)O. The highest BCUT2D eigenvalue weighted by Crippen LogP contribution is 2.43. The highest BCUT2D eigenvalue weighted by molar-refractivity contribution is 6.03. The van der Waals surface area contributed by atoms with Gasteiger partial charge in [0.25, 0.3) is 0 Å². The molecule has 0 bridgehead atoms. The number of rotatable bonds is 5. The molecule has 0 heterocycles. The maximum atomic E-state index is 12.7. The van der Waals surface area contributed by atoms with Gasteiger partial charge in [-0.05, 0) is 32.4 Å². The maximum Gasteiger partial charge on any atom is 0.347 e. The van der Waals surface area contributed by atoms with E-state index in [1.165, 1.54) is 33.9 Å². The molecule has 0 aliphatic carbocycles. The van der Waals surface area contributed by atoms with E-state index in [-0.39, 0.29) is 22.4 Å². The number of hydrogen-bond donors (Lipinski definition) is 5. The van der Waals surface area contributed by atoms with Crippen molar-refractivity contribution in [1.29, 1.82) is 0 Å². The van der Waals surface area contributed by atoms with Crippen molar-refractivity contribution < 1.29 is 49.4 Å². The number of phenols is 3. The van der Waals surface area contributed by atoms with Crippen LogP contribution in [0.2, 0.25) is 0 Å². The average Bonchev–Trinajstić information content (AvgIpc) is 2.62. The van der Waals surface area contributed by atoms with Crippen LogP contribution in [0.3, 0.4) is 0 Å². The number of ether oxygens (including phenoxy) is 2. The van der Waals surface area contributed by atoms with Gasteiger partial charge in [0.2, 0.25) is 0 Å². The zero-order valence-corrected chi connectivity index (χ0v) is 15.9. The molecule has 5 N–H and O–H groups in total. The Labute approximate surface area is 164 Å². The maximum absolute atomic E-state index is 12.7. The van der Waals surface area contributed by atoms with Gasteiger partial charge in [-0.1, -0.05) is 0 Å². The predicted octanol–water partition coefficient (Wildman–Crippen LogP) is 2.35. The van der Waals surface area contributed by atoms with E-state index in [1.54, 1.807) is 0 Å². The number of hydrogen-bond acceptors (Lipinski definition) is 8. The monoisotopic (exact) mass is 406 g/mol. The van der Waals surface area contributed by atoms with Crippen LogP contribution in [0.5, 0.6) is 28.7 Å². The summed E-state index contributed by atoms with van der Waals surface area (Å²) in [5.41, 5.74) is -2.12. The molecule has 10 heteroatoms. The van der Waals surface area contributed by atoms with Crippen molar-refractivity contribution in [2.24, 2.45) is 0 Å². The molecule has 2 aromatic carbocycles. The topological polar surface area (TPSA) is 171 Å². The second kappa shape index (κ2) is 7.58. The van der Waals surface area contributed by atoms with E-state index in [2.05, 4.69) is 0 Å². The zero-order chi connectivity index (χ0) is 22.2. The van der Waals surface area contributed by atoms with Gasteiger partial charge < -0.3 is 35.0 Å². The minimum absolute atomic E-state index is 0.112. The van der Waals surface area contributed by atoms with Crippen molar-refractivity contribution in [3.05, 3.63) is 39.4 Å². The summed E-state index contributed by atoms with van der Waals surface area (Å²) in [5, 5.41) is 49.1. The molecule has 10 nitrogen and oxygen atoms in total. The van der Waals surface area contributed by atoms with Gasteiger partial charge in [-0.25, -0.2) is 14.4 Å². The summed E-state index contributed by atoms with van der Waals surface area (Å²) in [6.45, 7) is 3.81. The Kier molecular flexibility index (Phi) is 5.58. The minimum Gasteiger partial charge on any atom is -0.507 e. The molecule has 0 amide bonds. The molecule has 29 heavy (non-hydrogen) atoms. The van der Waals surface area contributed by atoms with E-state index in [9.17, 15) is 39.9 Å². The number of carboxylic acid groups (broad SMARTS) is 2. The fourth-order valence-corrected chi connectivity index (χ4v) is 2.86. The molecule has 0 spiro atoms. The largest absolute Gasteiger partial charge is 0.507 e. The molecule has 0 fully saturated rings. The van der Waals surface area contributed by atoms with Crippen LogP contribution in [0, 0.1) is 20.8 Å². The van der Waals surface area contributed by atoms with Crippen LogP contribution in [0.25, 0.3) is 0 Å². The Bertz CT molecular complexity index is 1050. The van der Waals surface area contributed by atoms with Crippen LogP contribution in [-0.2, 0) is 0 Å². The smallest absolute Gasteiger partial charge is 0.347 e. The predicted molar refractivity (Wildman–Crippen MR) is 97.5 cm³/mol. The molecule has 154 valence electrons. The third kappa shape index (κ3) is 3.47. The van der Waals surface area contributed by atoms with Crippen molar-refractivity contribution in [3.8, 4) is 28.7 Å². The lowest BCUT2D eigenvalue weighted by Gasteiger charge is -2.17. The second-order valence-corrected chi connectivity index (χ2v) is 6.15. The summed E-state index contributed by atoms with van der Waals surface area (Å²) in [4.78, 5) is 35.5. The lowest BCUT2D eigenvalue weighted by Crippen LogP contribution is -2.15. The fraction of sp³-hybridized carbons (Fsp3) is 0.211. The second-order valence-electron chi connectivity index (χ2n) is 6.15. The van der Waals surface area contributed by atoms with E-state index in [1.807, 2.05) is 0 Å². The Morgan fingerprint density at radius 3 is 1.83 bits per heavy atom. The first kappa shape index (κ1) is 21.4. The number of benzene rings is 2. The van der Waals surface area contributed by atoms with Crippen LogP contribution in [-0.4, -0.2) is 50.6 Å². The van der Waals surface area contributed by atoms with E-state index < -0.39 is 57.6 Å². The average molecular weight is 406 g/mol. The van der Waals surface area contributed by atoms with E-state index in [0.29, 0.717) is 0 Å². The number of carbonyl (C=O) groups excluding carboxylic acids is 1. The molecule has 0 radical (unpaired) electrons. The quantitative estimate of drug-likeness (QED) is 0.367. The zero-order valence-electron chi connectivity index (χ0n) is 15.9. The molecule has 0 saturated carbocycles. The van der Waals surface area contributed by atoms with Gasteiger partial charge in [0.1, 0.15) is 33.9 Å². The molecule has 0 atom stereocenters. The van der Waals surface area contributed by atoms with Crippen molar-refractivity contribution in [3.63, 3.8) is 0 Å². The Balaban J connectivity index is 2.67. The minimum atomic E-state index is -1.55. The van der Waals surface area contributed by atoms with Gasteiger partial charge in [-0.2, -0.15) is 0 Å². The first-order chi connectivity index (χ1) is 13.4. The first-order valence-electron chi connectivity index (χ1n) is 8.08. The molecule has 0 unspecified atom stereocenters. The molecular formula is C19H18O10. The summed E-state index contributed by atoms with van der Waals surface area (Å²) < 4.78 is 10.0. The van der Waals surface area contributed by atoms with Gasteiger partial charge in [0, 0.05) is 11.1 Å². The number of aryl methyl sites for hydroxylation is 1. The van der Waals surface area contributed by atoms with Crippen molar-refractivity contribution in [1.82, 2.24) is 0 Å². The van der Waals surface area contributed by atoms with Crippen molar-refractivity contribution >= 4 is 17.9 Å². The fourth-order valence-electron chi connectivity index (χ4n) is 2.86. The van der Waals surface area contributed by atoms with Crippen LogP contribution < -0.4 is 9.47 Å². The number of aromatic hydroxyl groups is 3. The van der Waals surface area contributed by atoms with E-state index >= 15 is 0 Å². The van der Waals surface area contributed by atoms with Crippen LogP contribution in [0.4, 0.5) is 0 Å². The summed E-state index contributed by atoms with van der Waals surface area (Å²) in [6, 6.07) is 1.21. The van der Waals surface area contributed by atoms with Gasteiger partial charge in [-0.3, -0.25) is 0 Å². The van der Waals surface area contributed by atoms with E-state index in [4.69, 9.17) is 9.47 Å². The number of carboxylic acids is 2. The standard InChI is InChI=1S/C19H18O10/c1-6-5-9(28-4)12(18(25)26)15(22)10(6)19(27)29-16-7(2)11(17(23)24)13(20)8(3)14(16)21/h5,20-22H,1-4H3,(H,23,24)(H,25,26). The Morgan fingerprint density at radius 1 is 0.793 bits per heavy atom. The number of methoxy groups -OCH3 is 1. The summed E-state index contributed by atoms with van der Waals surface area (Å²) in [7, 11) is 1.19. The van der Waals surface area contributed by atoms with Gasteiger partial charge in [0.15, 0.2) is 11.5 Å². The van der Waals surface area contributed by atoms with Crippen LogP contribution >= 0.6 is 0 Å². The number of phenolic OH excluding ortho intramolecular Hbond substituents is 1. The molecule has 0 aliphatic rings. The highest BCUT2D eigenvalue weighted by atomic mass is 16.5. The lowest BCUT2D eigenvalue weighted by atomic mass is 10.00. The van der Waals surface area contributed by atoms with Crippen LogP contribution in [0.1, 0.15) is 47.8 Å². The normalized spacial score (nSPS) is 10.5. The van der Waals surface area contributed by atoms with Gasteiger partial charge in [0.05, 0.1) is 7.11 Å². The molecule has 0 aromatic heterocycles. The van der Waals surface area contributed by atoms with Crippen molar-refractivity contribution in [2.75, 3.05) is 7.11 Å². The van der Waals surface area contributed by atoms with Crippen molar-refractivity contribution in [2.45, 2.75) is 20.8 Å². The first-order valence-corrected chi connectivity index (χ1v) is 8.08. The molecule has 2 rings (SSSR count). The third-order valence-corrected chi connectivity index (χ3v) is 4.39. The number of esters is 1. The summed E-state index contributed by atoms with van der Waals surface area (Å²) in [5.74, 6) is -7.33. The molecule has 0 aliphatic heterocycles. The molecular weight excluding hydrogens is 388 g/mol. The Hall–Kier alpha value is -3.95. The van der Waals surface area contributed by atoms with Crippen LogP contribution in [0.15, 0.2) is 6.07 Å². The van der Waals surface area contributed by atoms with Gasteiger partial charge >= 0.3 is 17.9 Å².